The molecule has 0 rings (SSSR count). The van der Waals surface area contributed by atoms with Gasteiger partial charge in [-0.2, -0.15) is 0 Å². The van der Waals surface area contributed by atoms with Gasteiger partial charge in [-0.3, -0.25) is 14.4 Å². The molecule has 0 aliphatic heterocycles. The summed E-state index contributed by atoms with van der Waals surface area (Å²) in [6, 6.07) is 0. The van der Waals surface area contributed by atoms with Crippen molar-refractivity contribution in [3.8, 4) is 0 Å². The van der Waals surface area contributed by atoms with E-state index in [4.69, 9.17) is 14.2 Å². The summed E-state index contributed by atoms with van der Waals surface area (Å²) in [6.07, 6.45) is 89.7. The van der Waals surface area contributed by atoms with Crippen molar-refractivity contribution in [1.82, 2.24) is 0 Å². The Morgan fingerprint density at radius 3 is 0.753 bits per heavy atom. The molecule has 6 nitrogen and oxygen atoms in total. The van der Waals surface area contributed by atoms with Crippen LogP contribution in [0.1, 0.15) is 380 Å². The average Bonchev–Trinajstić information content (AvgIpc) is 3.47. The summed E-state index contributed by atoms with van der Waals surface area (Å²) < 4.78 is 17.0. The summed E-state index contributed by atoms with van der Waals surface area (Å²) in [5.74, 6) is -0.867. The first-order chi connectivity index (χ1) is 40.0. The maximum atomic E-state index is 12.9. The Kier molecular flexibility index (Phi) is 67.1. The Labute approximate surface area is 504 Å². The van der Waals surface area contributed by atoms with E-state index in [1.807, 2.05) is 0 Å². The van der Waals surface area contributed by atoms with Gasteiger partial charge in [0.2, 0.25) is 0 Å². The molecule has 0 fully saturated rings. The molecule has 472 valence electrons. The van der Waals surface area contributed by atoms with Gasteiger partial charge >= 0.3 is 17.9 Å². The Bertz CT molecular complexity index is 1440. The van der Waals surface area contributed by atoms with Gasteiger partial charge < -0.3 is 14.2 Å². The van der Waals surface area contributed by atoms with Gasteiger partial charge in [-0.05, 0) is 83.5 Å². The van der Waals surface area contributed by atoms with Crippen molar-refractivity contribution in [2.24, 2.45) is 0 Å². The number of carbonyl (C=O) groups excluding carboxylic acids is 3. The molecule has 0 heterocycles. The van der Waals surface area contributed by atoms with Crippen LogP contribution in [0.15, 0.2) is 60.8 Å². The van der Waals surface area contributed by atoms with E-state index in [2.05, 4.69) is 81.5 Å². The lowest BCUT2D eigenvalue weighted by molar-refractivity contribution is -0.167. The van der Waals surface area contributed by atoms with E-state index in [1.54, 1.807) is 0 Å². The minimum Gasteiger partial charge on any atom is -0.462 e. The van der Waals surface area contributed by atoms with E-state index in [9.17, 15) is 14.4 Å². The zero-order valence-electron chi connectivity index (χ0n) is 54.3. The zero-order chi connectivity index (χ0) is 58.5. The zero-order valence-corrected chi connectivity index (χ0v) is 54.3. The van der Waals surface area contributed by atoms with Crippen LogP contribution in [-0.2, 0) is 28.6 Å². The minimum atomic E-state index is -0.779. The van der Waals surface area contributed by atoms with Crippen LogP contribution in [0.4, 0.5) is 0 Å². The quantitative estimate of drug-likeness (QED) is 0.0261. The highest BCUT2D eigenvalue weighted by Gasteiger charge is 2.19. The molecule has 0 amide bonds. The van der Waals surface area contributed by atoms with E-state index in [-0.39, 0.29) is 31.1 Å². The fraction of sp³-hybridized carbons (Fsp3) is 0.827. The lowest BCUT2D eigenvalue weighted by atomic mass is 10.0. The SMILES string of the molecule is CC/C=C\C/C=C\C/C=C\CCCCCCCC(=O)OCC(COC(=O)CCCCCCCCCCCCCCCCCCCCC/C=C\C/C=C\CCCCCCC)OC(=O)CCCCCCCCCCCCCCCCCCC. The van der Waals surface area contributed by atoms with Crippen molar-refractivity contribution in [2.75, 3.05) is 13.2 Å². The first-order valence-corrected chi connectivity index (χ1v) is 35.8. The highest BCUT2D eigenvalue weighted by atomic mass is 16.6. The van der Waals surface area contributed by atoms with Crippen molar-refractivity contribution in [1.29, 1.82) is 0 Å². The van der Waals surface area contributed by atoms with Gasteiger partial charge in [-0.15, -0.1) is 0 Å². The highest BCUT2D eigenvalue weighted by molar-refractivity contribution is 5.71. The molecule has 0 radical (unpaired) electrons. The van der Waals surface area contributed by atoms with Gasteiger partial charge in [-0.25, -0.2) is 0 Å². The van der Waals surface area contributed by atoms with Crippen LogP contribution >= 0.6 is 0 Å². The van der Waals surface area contributed by atoms with Crippen LogP contribution in [0.2, 0.25) is 0 Å². The van der Waals surface area contributed by atoms with Gasteiger partial charge in [0, 0.05) is 19.3 Å². The molecule has 0 aromatic heterocycles. The second-order valence-electron chi connectivity index (χ2n) is 24.1. The number of esters is 3. The van der Waals surface area contributed by atoms with Crippen LogP contribution in [0, 0.1) is 0 Å². The maximum Gasteiger partial charge on any atom is 0.306 e. The van der Waals surface area contributed by atoms with Crippen molar-refractivity contribution in [2.45, 2.75) is 386 Å². The molecule has 0 N–H and O–H groups in total. The second-order valence-corrected chi connectivity index (χ2v) is 24.1. The molecule has 0 aliphatic rings. The third kappa shape index (κ3) is 67.8. The van der Waals surface area contributed by atoms with Crippen LogP contribution < -0.4 is 0 Å². The maximum absolute atomic E-state index is 12.9. The fourth-order valence-electron chi connectivity index (χ4n) is 10.7. The van der Waals surface area contributed by atoms with Crippen molar-refractivity contribution in [3.05, 3.63) is 60.8 Å². The van der Waals surface area contributed by atoms with E-state index in [0.29, 0.717) is 19.3 Å². The summed E-state index contributed by atoms with van der Waals surface area (Å²) in [5, 5.41) is 0. The largest absolute Gasteiger partial charge is 0.462 e. The lowest BCUT2D eigenvalue weighted by Crippen LogP contribution is -2.30. The topological polar surface area (TPSA) is 78.9 Å². The summed E-state index contributed by atoms with van der Waals surface area (Å²) in [4.78, 5) is 38.4. The van der Waals surface area contributed by atoms with Gasteiger partial charge in [0.25, 0.3) is 0 Å². The Morgan fingerprint density at radius 2 is 0.481 bits per heavy atom. The number of unbranched alkanes of at least 4 members (excludes halogenated alkanes) is 45. The molecule has 0 saturated heterocycles. The van der Waals surface area contributed by atoms with Gasteiger partial charge in [0.1, 0.15) is 13.2 Å². The van der Waals surface area contributed by atoms with E-state index in [0.717, 1.165) is 103 Å². The first-order valence-electron chi connectivity index (χ1n) is 35.8. The van der Waals surface area contributed by atoms with Crippen LogP contribution in [0.3, 0.4) is 0 Å². The van der Waals surface area contributed by atoms with E-state index in [1.165, 1.54) is 238 Å². The normalized spacial score (nSPS) is 12.4. The third-order valence-corrected chi connectivity index (χ3v) is 16.0. The van der Waals surface area contributed by atoms with Crippen LogP contribution in [0.5, 0.6) is 0 Å². The van der Waals surface area contributed by atoms with Crippen molar-refractivity contribution < 1.29 is 28.6 Å². The van der Waals surface area contributed by atoms with Crippen LogP contribution in [0.25, 0.3) is 0 Å². The summed E-state index contributed by atoms with van der Waals surface area (Å²) in [6.45, 7) is 6.57. The number of rotatable bonds is 66. The van der Waals surface area contributed by atoms with Crippen LogP contribution in [-0.4, -0.2) is 37.2 Å². The fourth-order valence-corrected chi connectivity index (χ4v) is 10.7. The molecule has 6 heteroatoms. The molecule has 0 saturated carbocycles. The smallest absolute Gasteiger partial charge is 0.306 e. The molecular weight excluding hydrogens is 997 g/mol. The third-order valence-electron chi connectivity index (χ3n) is 16.0. The molecule has 0 aliphatic carbocycles. The van der Waals surface area contributed by atoms with E-state index >= 15 is 0 Å². The number of hydrogen-bond donors (Lipinski definition) is 0. The highest BCUT2D eigenvalue weighted by Crippen LogP contribution is 2.18. The molecule has 0 bridgehead atoms. The van der Waals surface area contributed by atoms with Crippen molar-refractivity contribution in [3.63, 3.8) is 0 Å². The number of ether oxygens (including phenoxy) is 3. The minimum absolute atomic E-state index is 0.0746. The Balaban J connectivity index is 4.19. The molecule has 0 aromatic carbocycles. The number of hydrogen-bond acceptors (Lipinski definition) is 6. The molecular formula is C75H136O6. The van der Waals surface area contributed by atoms with Gasteiger partial charge in [-0.1, -0.05) is 338 Å². The monoisotopic (exact) mass is 1130 g/mol. The molecule has 81 heavy (non-hydrogen) atoms. The standard InChI is InChI=1S/C75H136O6/c1-4-7-10-13-16-19-22-25-28-30-31-32-33-34-35-36-37-38-39-40-41-42-43-45-47-50-53-56-59-62-65-68-74(77)80-71-72(70-79-73(76)67-64-61-58-55-52-49-46-27-24-21-18-15-12-9-6-3)81-75(78)69-66-63-60-57-54-51-48-44-29-26-23-20-17-14-11-8-5-2/h9,12,18,21-22,25,27,30-31,46,72H,4-8,10-11,13-17,19-20,23-24,26,28-29,32-45,47-71H2,1-3H3/b12-9-,21-18-,25-22-,31-30-,46-27-. The molecule has 1 atom stereocenters. The predicted octanol–water partition coefficient (Wildman–Crippen LogP) is 24.7. The van der Waals surface area contributed by atoms with Crippen molar-refractivity contribution >= 4 is 17.9 Å². The summed E-state index contributed by atoms with van der Waals surface area (Å²) >= 11 is 0. The Morgan fingerprint density at radius 1 is 0.259 bits per heavy atom. The number of allylic oxidation sites excluding steroid dienone is 10. The average molecular weight is 1130 g/mol. The molecule has 1 unspecified atom stereocenters. The summed E-state index contributed by atoms with van der Waals surface area (Å²) in [7, 11) is 0. The second kappa shape index (κ2) is 69.6. The predicted molar refractivity (Wildman–Crippen MR) is 353 cm³/mol. The summed E-state index contributed by atoms with van der Waals surface area (Å²) in [5.41, 5.74) is 0. The number of carbonyl (C=O) groups is 3. The Hall–Kier alpha value is -2.89. The van der Waals surface area contributed by atoms with Gasteiger partial charge in [0.15, 0.2) is 6.10 Å². The van der Waals surface area contributed by atoms with E-state index < -0.39 is 6.10 Å². The molecule has 0 aromatic rings. The van der Waals surface area contributed by atoms with Gasteiger partial charge in [0.05, 0.1) is 0 Å². The first kappa shape index (κ1) is 78.1. The molecule has 0 spiro atoms. The lowest BCUT2D eigenvalue weighted by Gasteiger charge is -2.18.